The van der Waals surface area contributed by atoms with Gasteiger partial charge in [-0.1, -0.05) is 17.7 Å². The van der Waals surface area contributed by atoms with Crippen molar-refractivity contribution in [2.24, 2.45) is 0 Å². The molecule has 2 aromatic rings. The third-order valence-electron chi connectivity index (χ3n) is 4.11. The molecule has 0 amide bonds. The van der Waals surface area contributed by atoms with Gasteiger partial charge >= 0.3 is 0 Å². The summed E-state index contributed by atoms with van der Waals surface area (Å²) in [5.74, 6) is 0. The number of anilines is 1. The first-order valence-corrected chi connectivity index (χ1v) is 9.03. The quantitative estimate of drug-likeness (QED) is 0.782. The van der Waals surface area contributed by atoms with Gasteiger partial charge in [0.15, 0.2) is 5.11 Å². The summed E-state index contributed by atoms with van der Waals surface area (Å²) >= 11 is 11.3. The highest BCUT2D eigenvalue weighted by molar-refractivity contribution is 7.80. The highest BCUT2D eigenvalue weighted by Crippen LogP contribution is 2.20. The normalized spacial score (nSPS) is 16.2. The van der Waals surface area contributed by atoms with Crippen LogP contribution in [-0.2, 0) is 4.74 Å². The van der Waals surface area contributed by atoms with Crippen molar-refractivity contribution in [2.75, 3.05) is 38.2 Å². The van der Waals surface area contributed by atoms with Crippen molar-refractivity contribution in [3.05, 3.63) is 59.4 Å². The van der Waals surface area contributed by atoms with Crippen LogP contribution in [0.15, 0.2) is 48.8 Å². The summed E-state index contributed by atoms with van der Waals surface area (Å²) in [5, 5.41) is 7.79. The van der Waals surface area contributed by atoms with Gasteiger partial charge in [0.1, 0.15) is 0 Å². The lowest BCUT2D eigenvalue weighted by molar-refractivity contribution is 0.0170. The van der Waals surface area contributed by atoms with Crippen molar-refractivity contribution in [1.82, 2.24) is 15.2 Å². The molecule has 1 fully saturated rings. The Hall–Kier alpha value is -1.73. The SMILES string of the molecule is S=C(NC[C@@H](c1cccnc1)N1CCOCC1)Nc1ccc(Cl)cc1. The third-order valence-corrected chi connectivity index (χ3v) is 4.61. The van der Waals surface area contributed by atoms with Crippen molar-refractivity contribution in [3.8, 4) is 0 Å². The molecule has 1 saturated heterocycles. The fourth-order valence-electron chi connectivity index (χ4n) is 2.82. The molecule has 3 rings (SSSR count). The second-order valence-corrected chi connectivity index (χ2v) is 6.64. The van der Waals surface area contributed by atoms with Crippen LogP contribution in [0.5, 0.6) is 0 Å². The Morgan fingerprint density at radius 2 is 2.00 bits per heavy atom. The van der Waals surface area contributed by atoms with Crippen LogP contribution in [-0.4, -0.2) is 47.8 Å². The fraction of sp³-hybridized carbons (Fsp3) is 0.333. The van der Waals surface area contributed by atoms with Gasteiger partial charge < -0.3 is 15.4 Å². The number of morpholine rings is 1. The molecule has 0 aliphatic carbocycles. The van der Waals surface area contributed by atoms with Gasteiger partial charge in [-0.05, 0) is 48.1 Å². The van der Waals surface area contributed by atoms with E-state index in [1.54, 1.807) is 6.20 Å². The van der Waals surface area contributed by atoms with Crippen molar-refractivity contribution in [2.45, 2.75) is 6.04 Å². The predicted molar refractivity (Wildman–Crippen MR) is 105 cm³/mol. The molecule has 1 aliphatic heterocycles. The van der Waals surface area contributed by atoms with Gasteiger partial charge in [-0.2, -0.15) is 0 Å². The summed E-state index contributed by atoms with van der Waals surface area (Å²) in [7, 11) is 0. The molecule has 0 radical (unpaired) electrons. The number of nitrogens with one attached hydrogen (secondary N) is 2. The molecule has 2 N–H and O–H groups in total. The molecule has 5 nitrogen and oxygen atoms in total. The predicted octanol–water partition coefficient (Wildman–Crippen LogP) is 3.09. The van der Waals surface area contributed by atoms with Gasteiger partial charge in [0, 0.05) is 42.7 Å². The first-order chi connectivity index (χ1) is 12.2. The maximum absolute atomic E-state index is 5.91. The average molecular weight is 377 g/mol. The molecule has 25 heavy (non-hydrogen) atoms. The lowest BCUT2D eigenvalue weighted by Gasteiger charge is -2.35. The van der Waals surface area contributed by atoms with Gasteiger partial charge in [-0.15, -0.1) is 0 Å². The monoisotopic (exact) mass is 376 g/mol. The van der Waals surface area contributed by atoms with E-state index in [4.69, 9.17) is 28.6 Å². The topological polar surface area (TPSA) is 49.4 Å². The number of thiocarbonyl (C=S) groups is 1. The summed E-state index contributed by atoms with van der Waals surface area (Å²) in [6.07, 6.45) is 3.71. The molecule has 0 spiro atoms. The van der Waals surface area contributed by atoms with Crippen LogP contribution in [0.25, 0.3) is 0 Å². The minimum Gasteiger partial charge on any atom is -0.379 e. The van der Waals surface area contributed by atoms with E-state index in [2.05, 4.69) is 26.6 Å². The van der Waals surface area contributed by atoms with E-state index >= 15 is 0 Å². The zero-order valence-corrected chi connectivity index (χ0v) is 15.4. The van der Waals surface area contributed by atoms with Gasteiger partial charge in [0.25, 0.3) is 0 Å². The maximum Gasteiger partial charge on any atom is 0.170 e. The van der Waals surface area contributed by atoms with Gasteiger partial charge in [-0.3, -0.25) is 9.88 Å². The van der Waals surface area contributed by atoms with Crippen LogP contribution in [0.3, 0.4) is 0 Å². The lowest BCUT2D eigenvalue weighted by Crippen LogP contribution is -2.44. The van der Waals surface area contributed by atoms with Crippen LogP contribution in [0, 0.1) is 0 Å². The minimum atomic E-state index is 0.197. The Bertz CT molecular complexity index is 677. The van der Waals surface area contributed by atoms with Gasteiger partial charge in [-0.25, -0.2) is 0 Å². The number of rotatable bonds is 5. The molecular weight excluding hydrogens is 356 g/mol. The summed E-state index contributed by atoms with van der Waals surface area (Å²) in [6.45, 7) is 4.01. The molecule has 7 heteroatoms. The van der Waals surface area contributed by atoms with Crippen molar-refractivity contribution >= 4 is 34.6 Å². The Labute approximate surface area is 158 Å². The summed E-state index contributed by atoms with van der Waals surface area (Å²) in [5.41, 5.74) is 2.08. The molecule has 2 heterocycles. The van der Waals surface area contributed by atoms with E-state index in [0.29, 0.717) is 16.7 Å². The summed E-state index contributed by atoms with van der Waals surface area (Å²) < 4.78 is 5.47. The number of hydrogen-bond acceptors (Lipinski definition) is 4. The molecule has 1 aromatic heterocycles. The van der Waals surface area contributed by atoms with E-state index in [1.807, 2.05) is 36.5 Å². The van der Waals surface area contributed by atoms with Crippen molar-refractivity contribution in [3.63, 3.8) is 0 Å². The Morgan fingerprint density at radius 1 is 1.24 bits per heavy atom. The maximum atomic E-state index is 5.91. The van der Waals surface area contributed by atoms with E-state index in [9.17, 15) is 0 Å². The van der Waals surface area contributed by atoms with E-state index in [0.717, 1.165) is 32.0 Å². The molecule has 1 aliphatic rings. The number of halogens is 1. The molecule has 1 aromatic carbocycles. The van der Waals surface area contributed by atoms with Gasteiger partial charge in [0.05, 0.1) is 19.3 Å². The average Bonchev–Trinajstić information content (AvgIpc) is 2.66. The number of hydrogen-bond donors (Lipinski definition) is 2. The van der Waals surface area contributed by atoms with Crippen molar-refractivity contribution < 1.29 is 4.74 Å². The Kier molecular flexibility index (Phi) is 6.58. The summed E-state index contributed by atoms with van der Waals surface area (Å²) in [6, 6.07) is 11.7. The molecule has 0 unspecified atom stereocenters. The van der Waals surface area contributed by atoms with Crippen LogP contribution >= 0.6 is 23.8 Å². The van der Waals surface area contributed by atoms with E-state index in [-0.39, 0.29) is 6.04 Å². The number of aromatic nitrogens is 1. The molecule has 1 atom stereocenters. The largest absolute Gasteiger partial charge is 0.379 e. The van der Waals surface area contributed by atoms with E-state index in [1.165, 1.54) is 5.56 Å². The Balaban J connectivity index is 1.61. The minimum absolute atomic E-state index is 0.197. The smallest absolute Gasteiger partial charge is 0.170 e. The molecule has 0 saturated carbocycles. The van der Waals surface area contributed by atoms with Crippen molar-refractivity contribution in [1.29, 1.82) is 0 Å². The third kappa shape index (κ3) is 5.37. The molecular formula is C18H21ClN4OS. The zero-order chi connectivity index (χ0) is 17.5. The number of ether oxygens (including phenoxy) is 1. The molecule has 132 valence electrons. The highest BCUT2D eigenvalue weighted by Gasteiger charge is 2.22. The number of nitrogens with zero attached hydrogens (tertiary/aromatic N) is 2. The zero-order valence-electron chi connectivity index (χ0n) is 13.8. The second kappa shape index (κ2) is 9.10. The molecule has 0 bridgehead atoms. The lowest BCUT2D eigenvalue weighted by atomic mass is 10.1. The number of benzene rings is 1. The van der Waals surface area contributed by atoms with Crippen LogP contribution in [0.2, 0.25) is 5.02 Å². The van der Waals surface area contributed by atoms with E-state index < -0.39 is 0 Å². The first kappa shape index (κ1) is 18.1. The van der Waals surface area contributed by atoms with Gasteiger partial charge in [0.2, 0.25) is 0 Å². The number of pyridine rings is 1. The fourth-order valence-corrected chi connectivity index (χ4v) is 3.15. The second-order valence-electron chi connectivity index (χ2n) is 5.79. The standard InChI is InChI=1S/C18H21ClN4OS/c19-15-3-5-16(6-4-15)22-18(25)21-13-17(14-2-1-7-20-12-14)23-8-10-24-11-9-23/h1-7,12,17H,8-11,13H2,(H2,21,22,25)/t17-/m0/s1. The van der Waals surface area contributed by atoms with Crippen LogP contribution in [0.1, 0.15) is 11.6 Å². The first-order valence-electron chi connectivity index (χ1n) is 8.24. The summed E-state index contributed by atoms with van der Waals surface area (Å²) in [4.78, 5) is 6.66. The highest BCUT2D eigenvalue weighted by atomic mass is 35.5. The van der Waals surface area contributed by atoms with Crippen LogP contribution in [0.4, 0.5) is 5.69 Å². The Morgan fingerprint density at radius 3 is 2.68 bits per heavy atom. The van der Waals surface area contributed by atoms with Crippen LogP contribution < -0.4 is 10.6 Å².